The third-order valence-corrected chi connectivity index (χ3v) is 4.24. The highest BCUT2D eigenvalue weighted by atomic mass is 79.9. The lowest BCUT2D eigenvalue weighted by Gasteiger charge is -2.21. The van der Waals surface area contributed by atoms with Crippen molar-refractivity contribution in [1.29, 1.82) is 0 Å². The molecule has 3 heteroatoms. The van der Waals surface area contributed by atoms with E-state index >= 15 is 0 Å². The third-order valence-electron chi connectivity index (χ3n) is 3.38. The number of carbonyl (C=O) groups is 1. The van der Waals surface area contributed by atoms with Crippen molar-refractivity contribution in [3.05, 3.63) is 33.8 Å². The molecule has 0 atom stereocenters. The van der Waals surface area contributed by atoms with Gasteiger partial charge in [0.05, 0.1) is 0 Å². The zero-order chi connectivity index (χ0) is 12.3. The normalized spacial score (nSPS) is 17.1. The smallest absolute Gasteiger partial charge is 0.163 e. The standard InChI is InChI=1S/C14H17BrO2/c1-10-12(3-2-4-13(10)15)14(16)9-11-5-7-17-8-6-11/h2-4,11H,5-9H2,1H3. The van der Waals surface area contributed by atoms with Crippen LogP contribution in [0.1, 0.15) is 35.2 Å². The van der Waals surface area contributed by atoms with Crippen LogP contribution in [0.3, 0.4) is 0 Å². The number of halogens is 1. The van der Waals surface area contributed by atoms with Crippen LogP contribution in [-0.4, -0.2) is 19.0 Å². The van der Waals surface area contributed by atoms with E-state index in [-0.39, 0.29) is 5.78 Å². The number of Topliss-reactive ketones (excluding diaryl/α,β-unsaturated/α-hetero) is 1. The fraction of sp³-hybridized carbons (Fsp3) is 0.500. The van der Waals surface area contributed by atoms with E-state index in [0.717, 1.165) is 41.7 Å². The molecule has 17 heavy (non-hydrogen) atoms. The first-order valence-corrected chi connectivity index (χ1v) is 6.84. The van der Waals surface area contributed by atoms with Gasteiger partial charge in [-0.3, -0.25) is 4.79 Å². The zero-order valence-corrected chi connectivity index (χ0v) is 11.6. The highest BCUT2D eigenvalue weighted by Crippen LogP contribution is 2.24. The molecule has 1 aromatic carbocycles. The van der Waals surface area contributed by atoms with Gasteiger partial charge in [-0.1, -0.05) is 28.1 Å². The number of hydrogen-bond donors (Lipinski definition) is 0. The van der Waals surface area contributed by atoms with Crippen molar-refractivity contribution < 1.29 is 9.53 Å². The summed E-state index contributed by atoms with van der Waals surface area (Å²) in [7, 11) is 0. The Labute approximate surface area is 110 Å². The van der Waals surface area contributed by atoms with E-state index in [0.29, 0.717) is 12.3 Å². The molecule has 0 bridgehead atoms. The van der Waals surface area contributed by atoms with Crippen molar-refractivity contribution in [3.8, 4) is 0 Å². The first-order chi connectivity index (χ1) is 8.18. The van der Waals surface area contributed by atoms with E-state index in [1.54, 1.807) is 0 Å². The molecular weight excluding hydrogens is 280 g/mol. The van der Waals surface area contributed by atoms with Gasteiger partial charge < -0.3 is 4.74 Å². The Morgan fingerprint density at radius 2 is 2.12 bits per heavy atom. The van der Waals surface area contributed by atoms with Crippen LogP contribution in [-0.2, 0) is 4.74 Å². The summed E-state index contributed by atoms with van der Waals surface area (Å²) < 4.78 is 6.32. The van der Waals surface area contributed by atoms with Gasteiger partial charge in [0.15, 0.2) is 5.78 Å². The molecule has 1 fully saturated rings. The first kappa shape index (κ1) is 12.8. The Morgan fingerprint density at radius 1 is 1.41 bits per heavy atom. The van der Waals surface area contributed by atoms with Crippen molar-refractivity contribution >= 4 is 21.7 Å². The molecule has 1 heterocycles. The molecular formula is C14H17BrO2. The van der Waals surface area contributed by atoms with Gasteiger partial charge in [-0.05, 0) is 37.3 Å². The second-order valence-corrected chi connectivity index (χ2v) is 5.45. The van der Waals surface area contributed by atoms with Gasteiger partial charge in [0, 0.05) is 29.7 Å². The Balaban J connectivity index is 2.06. The van der Waals surface area contributed by atoms with Crippen LogP contribution in [0.25, 0.3) is 0 Å². The quantitative estimate of drug-likeness (QED) is 0.794. The Hall–Kier alpha value is -0.670. The molecule has 0 N–H and O–H groups in total. The molecule has 92 valence electrons. The molecule has 1 aliphatic rings. The molecule has 1 aliphatic heterocycles. The molecule has 0 aromatic heterocycles. The molecule has 0 amide bonds. The molecule has 2 nitrogen and oxygen atoms in total. The van der Waals surface area contributed by atoms with Gasteiger partial charge in [-0.2, -0.15) is 0 Å². The molecule has 1 aromatic rings. The molecule has 0 radical (unpaired) electrons. The average Bonchev–Trinajstić information content (AvgIpc) is 2.34. The Morgan fingerprint density at radius 3 is 2.82 bits per heavy atom. The second-order valence-electron chi connectivity index (χ2n) is 4.60. The third kappa shape index (κ3) is 3.17. The predicted molar refractivity (Wildman–Crippen MR) is 71.4 cm³/mol. The minimum atomic E-state index is 0.260. The van der Waals surface area contributed by atoms with Crippen LogP contribution in [0.2, 0.25) is 0 Å². The number of hydrogen-bond acceptors (Lipinski definition) is 2. The van der Waals surface area contributed by atoms with Crippen LogP contribution in [0, 0.1) is 12.8 Å². The van der Waals surface area contributed by atoms with Crippen LogP contribution in [0.4, 0.5) is 0 Å². The lowest BCUT2D eigenvalue weighted by molar-refractivity contribution is 0.0601. The second kappa shape index (κ2) is 5.78. The van der Waals surface area contributed by atoms with Crippen molar-refractivity contribution in [3.63, 3.8) is 0 Å². The largest absolute Gasteiger partial charge is 0.381 e. The minimum absolute atomic E-state index is 0.260. The van der Waals surface area contributed by atoms with Gasteiger partial charge in [0.1, 0.15) is 0 Å². The Kier molecular flexibility index (Phi) is 4.35. The number of ether oxygens (including phenoxy) is 1. The average molecular weight is 297 g/mol. The van der Waals surface area contributed by atoms with E-state index in [4.69, 9.17) is 4.74 Å². The van der Waals surface area contributed by atoms with Crippen molar-refractivity contribution in [1.82, 2.24) is 0 Å². The monoisotopic (exact) mass is 296 g/mol. The number of rotatable bonds is 3. The summed E-state index contributed by atoms with van der Waals surface area (Å²) >= 11 is 3.47. The number of benzene rings is 1. The van der Waals surface area contributed by atoms with E-state index in [1.807, 2.05) is 25.1 Å². The fourth-order valence-corrected chi connectivity index (χ4v) is 2.60. The maximum Gasteiger partial charge on any atom is 0.163 e. The molecule has 0 spiro atoms. The molecule has 1 saturated heterocycles. The van der Waals surface area contributed by atoms with Crippen molar-refractivity contribution in [2.75, 3.05) is 13.2 Å². The molecule has 0 unspecified atom stereocenters. The van der Waals surface area contributed by atoms with E-state index in [9.17, 15) is 4.79 Å². The van der Waals surface area contributed by atoms with Crippen LogP contribution < -0.4 is 0 Å². The van der Waals surface area contributed by atoms with Crippen LogP contribution >= 0.6 is 15.9 Å². The van der Waals surface area contributed by atoms with Crippen LogP contribution in [0.5, 0.6) is 0 Å². The summed E-state index contributed by atoms with van der Waals surface area (Å²) in [4.78, 5) is 12.2. The van der Waals surface area contributed by atoms with Gasteiger partial charge in [0.2, 0.25) is 0 Å². The van der Waals surface area contributed by atoms with Crippen LogP contribution in [0.15, 0.2) is 22.7 Å². The Bertz CT molecular complexity index is 409. The highest BCUT2D eigenvalue weighted by Gasteiger charge is 2.19. The SMILES string of the molecule is Cc1c(Br)cccc1C(=O)CC1CCOCC1. The van der Waals surface area contributed by atoms with E-state index in [2.05, 4.69) is 15.9 Å². The highest BCUT2D eigenvalue weighted by molar-refractivity contribution is 9.10. The maximum absolute atomic E-state index is 12.2. The van der Waals surface area contributed by atoms with Gasteiger partial charge in [-0.15, -0.1) is 0 Å². The lowest BCUT2D eigenvalue weighted by Crippen LogP contribution is -2.19. The molecule has 2 rings (SSSR count). The van der Waals surface area contributed by atoms with E-state index < -0.39 is 0 Å². The predicted octanol–water partition coefficient (Wildman–Crippen LogP) is 3.76. The van der Waals surface area contributed by atoms with E-state index in [1.165, 1.54) is 0 Å². The summed E-state index contributed by atoms with van der Waals surface area (Å²) in [5.41, 5.74) is 1.90. The van der Waals surface area contributed by atoms with Gasteiger partial charge in [-0.25, -0.2) is 0 Å². The van der Waals surface area contributed by atoms with Gasteiger partial charge >= 0.3 is 0 Å². The topological polar surface area (TPSA) is 26.3 Å². The molecule has 0 aliphatic carbocycles. The lowest BCUT2D eigenvalue weighted by atomic mass is 9.91. The number of ketones is 1. The zero-order valence-electron chi connectivity index (χ0n) is 10.0. The molecule has 0 saturated carbocycles. The summed E-state index contributed by atoms with van der Waals surface area (Å²) in [5, 5.41) is 0. The summed E-state index contributed by atoms with van der Waals surface area (Å²) in [6.07, 6.45) is 2.68. The van der Waals surface area contributed by atoms with Gasteiger partial charge in [0.25, 0.3) is 0 Å². The summed E-state index contributed by atoms with van der Waals surface area (Å²) in [5.74, 6) is 0.755. The fourth-order valence-electron chi connectivity index (χ4n) is 2.23. The van der Waals surface area contributed by atoms with Crippen molar-refractivity contribution in [2.24, 2.45) is 5.92 Å². The summed E-state index contributed by atoms with van der Waals surface area (Å²) in [6, 6.07) is 5.82. The first-order valence-electron chi connectivity index (χ1n) is 6.04. The number of carbonyl (C=O) groups excluding carboxylic acids is 1. The minimum Gasteiger partial charge on any atom is -0.381 e. The summed E-state index contributed by atoms with van der Waals surface area (Å²) in [6.45, 7) is 3.59. The van der Waals surface area contributed by atoms with Crippen molar-refractivity contribution in [2.45, 2.75) is 26.2 Å². The maximum atomic E-state index is 12.2.